The standard InChI is InChI=1S/C11H10ClNO3/c1-2-3-4-7-16-11-8-9(12)5-6-10(11)13(14)15/h1,5-6,8H,3-4,7H2. The van der Waals surface area contributed by atoms with Crippen molar-refractivity contribution in [2.75, 3.05) is 6.61 Å². The molecule has 0 unspecified atom stereocenters. The van der Waals surface area contributed by atoms with E-state index in [1.54, 1.807) is 0 Å². The van der Waals surface area contributed by atoms with E-state index < -0.39 is 4.92 Å². The maximum absolute atomic E-state index is 10.7. The summed E-state index contributed by atoms with van der Waals surface area (Å²) >= 11 is 5.73. The molecule has 5 heteroatoms. The molecule has 0 heterocycles. The molecule has 84 valence electrons. The lowest BCUT2D eigenvalue weighted by molar-refractivity contribution is -0.385. The van der Waals surface area contributed by atoms with E-state index in [-0.39, 0.29) is 11.4 Å². The van der Waals surface area contributed by atoms with Crippen molar-refractivity contribution in [2.45, 2.75) is 12.8 Å². The van der Waals surface area contributed by atoms with Crippen LogP contribution in [0, 0.1) is 22.5 Å². The van der Waals surface area contributed by atoms with E-state index in [9.17, 15) is 10.1 Å². The van der Waals surface area contributed by atoms with E-state index in [1.807, 2.05) is 0 Å². The predicted molar refractivity (Wildman–Crippen MR) is 61.7 cm³/mol. The number of ether oxygens (including phenoxy) is 1. The second-order valence-corrected chi connectivity index (χ2v) is 3.46. The zero-order valence-corrected chi connectivity index (χ0v) is 9.24. The molecule has 0 atom stereocenters. The van der Waals surface area contributed by atoms with Gasteiger partial charge < -0.3 is 4.74 Å². The molecule has 0 radical (unpaired) electrons. The first kappa shape index (κ1) is 12.3. The van der Waals surface area contributed by atoms with Gasteiger partial charge in [-0.25, -0.2) is 0 Å². The third kappa shape index (κ3) is 3.44. The molecule has 1 rings (SSSR count). The van der Waals surface area contributed by atoms with Gasteiger partial charge in [-0.3, -0.25) is 10.1 Å². The lowest BCUT2D eigenvalue weighted by Crippen LogP contribution is -2.00. The number of rotatable bonds is 5. The van der Waals surface area contributed by atoms with Crippen LogP contribution in [-0.4, -0.2) is 11.5 Å². The zero-order valence-electron chi connectivity index (χ0n) is 8.48. The molecule has 1 aromatic carbocycles. The number of hydrogen-bond donors (Lipinski definition) is 0. The Bertz CT molecular complexity index is 426. The van der Waals surface area contributed by atoms with Gasteiger partial charge in [0.25, 0.3) is 0 Å². The number of unbranched alkanes of at least 4 members (excludes halogenated alkanes) is 1. The maximum Gasteiger partial charge on any atom is 0.311 e. The SMILES string of the molecule is C#CCCCOc1cc(Cl)ccc1[N+](=O)[O-]. The normalized spacial score (nSPS) is 9.50. The van der Waals surface area contributed by atoms with Crippen molar-refractivity contribution in [3.05, 3.63) is 33.3 Å². The molecular formula is C11H10ClNO3. The molecule has 0 aromatic heterocycles. The molecular weight excluding hydrogens is 230 g/mol. The number of nitrogens with zero attached hydrogens (tertiary/aromatic N) is 1. The Morgan fingerprint density at radius 1 is 1.56 bits per heavy atom. The van der Waals surface area contributed by atoms with Crippen molar-refractivity contribution in [2.24, 2.45) is 0 Å². The van der Waals surface area contributed by atoms with Gasteiger partial charge in [-0.15, -0.1) is 12.3 Å². The molecule has 0 bridgehead atoms. The molecule has 0 saturated carbocycles. The Morgan fingerprint density at radius 2 is 2.31 bits per heavy atom. The number of nitro groups is 1. The van der Waals surface area contributed by atoms with Gasteiger partial charge >= 0.3 is 5.69 Å². The fraction of sp³-hybridized carbons (Fsp3) is 0.273. The quantitative estimate of drug-likeness (QED) is 0.343. The molecule has 0 aliphatic rings. The first-order valence-corrected chi connectivity index (χ1v) is 5.03. The Morgan fingerprint density at radius 3 is 2.94 bits per heavy atom. The van der Waals surface area contributed by atoms with Crippen LogP contribution in [0.25, 0.3) is 0 Å². The monoisotopic (exact) mass is 239 g/mol. The number of nitro benzene ring substituents is 1. The minimum Gasteiger partial charge on any atom is -0.487 e. The molecule has 0 spiro atoms. The highest BCUT2D eigenvalue weighted by Crippen LogP contribution is 2.29. The van der Waals surface area contributed by atoms with Gasteiger partial charge in [0, 0.05) is 23.6 Å². The molecule has 0 amide bonds. The average molecular weight is 240 g/mol. The summed E-state index contributed by atoms with van der Waals surface area (Å²) in [4.78, 5) is 10.2. The third-order valence-corrected chi connectivity index (χ3v) is 2.08. The predicted octanol–water partition coefficient (Wildman–Crippen LogP) is 3.04. The summed E-state index contributed by atoms with van der Waals surface area (Å²) in [5.74, 6) is 2.64. The van der Waals surface area contributed by atoms with E-state index in [1.165, 1.54) is 18.2 Å². The summed E-state index contributed by atoms with van der Waals surface area (Å²) < 4.78 is 5.26. The highest BCUT2D eigenvalue weighted by molar-refractivity contribution is 6.30. The van der Waals surface area contributed by atoms with Gasteiger partial charge in [0.1, 0.15) is 0 Å². The van der Waals surface area contributed by atoms with Crippen LogP contribution in [0.1, 0.15) is 12.8 Å². The van der Waals surface area contributed by atoms with Crippen LogP contribution in [-0.2, 0) is 0 Å². The molecule has 0 N–H and O–H groups in total. The van der Waals surface area contributed by atoms with Crippen LogP contribution < -0.4 is 4.74 Å². The maximum atomic E-state index is 10.7. The highest BCUT2D eigenvalue weighted by atomic mass is 35.5. The van der Waals surface area contributed by atoms with Gasteiger partial charge in [-0.05, 0) is 12.5 Å². The van der Waals surface area contributed by atoms with Crippen molar-refractivity contribution < 1.29 is 9.66 Å². The first-order chi connectivity index (χ1) is 7.65. The second-order valence-electron chi connectivity index (χ2n) is 3.03. The topological polar surface area (TPSA) is 52.4 Å². The summed E-state index contributed by atoms with van der Waals surface area (Å²) in [6, 6.07) is 4.20. The summed E-state index contributed by atoms with van der Waals surface area (Å²) in [5.41, 5.74) is -0.0925. The summed E-state index contributed by atoms with van der Waals surface area (Å²) in [7, 11) is 0. The van der Waals surface area contributed by atoms with Gasteiger partial charge in [0.05, 0.1) is 11.5 Å². The molecule has 0 fully saturated rings. The minimum atomic E-state index is -0.507. The Labute approximate surface area is 98.3 Å². The van der Waals surface area contributed by atoms with Crippen LogP contribution in [0.3, 0.4) is 0 Å². The van der Waals surface area contributed by atoms with Crippen LogP contribution in [0.15, 0.2) is 18.2 Å². The van der Waals surface area contributed by atoms with E-state index >= 15 is 0 Å². The van der Waals surface area contributed by atoms with Gasteiger partial charge in [-0.1, -0.05) is 11.6 Å². The third-order valence-electron chi connectivity index (χ3n) is 1.84. The van der Waals surface area contributed by atoms with Crippen molar-refractivity contribution in [3.8, 4) is 18.1 Å². The van der Waals surface area contributed by atoms with Gasteiger partial charge in [-0.2, -0.15) is 0 Å². The van der Waals surface area contributed by atoms with E-state index in [0.717, 1.165) is 0 Å². The number of hydrogen-bond acceptors (Lipinski definition) is 3. The fourth-order valence-electron chi connectivity index (χ4n) is 1.11. The largest absolute Gasteiger partial charge is 0.487 e. The zero-order chi connectivity index (χ0) is 12.0. The number of terminal acetylenes is 1. The van der Waals surface area contributed by atoms with E-state index in [0.29, 0.717) is 24.5 Å². The average Bonchev–Trinajstić information content (AvgIpc) is 2.24. The molecule has 4 nitrogen and oxygen atoms in total. The van der Waals surface area contributed by atoms with Crippen LogP contribution in [0.4, 0.5) is 5.69 Å². The summed E-state index contributed by atoms with van der Waals surface area (Å²) in [5, 5.41) is 11.1. The fourth-order valence-corrected chi connectivity index (χ4v) is 1.27. The smallest absolute Gasteiger partial charge is 0.311 e. The van der Waals surface area contributed by atoms with Crippen molar-refractivity contribution in [3.63, 3.8) is 0 Å². The van der Waals surface area contributed by atoms with E-state index in [2.05, 4.69) is 5.92 Å². The lowest BCUT2D eigenvalue weighted by atomic mass is 10.3. The minimum absolute atomic E-state index is 0.0925. The van der Waals surface area contributed by atoms with Crippen LogP contribution in [0.2, 0.25) is 5.02 Å². The second kappa shape index (κ2) is 5.99. The number of benzene rings is 1. The molecule has 0 aliphatic carbocycles. The summed E-state index contributed by atoms with van der Waals surface area (Å²) in [6.07, 6.45) is 6.31. The number of halogens is 1. The van der Waals surface area contributed by atoms with Crippen LogP contribution in [0.5, 0.6) is 5.75 Å². The Hall–Kier alpha value is -1.73. The molecule has 0 saturated heterocycles. The first-order valence-electron chi connectivity index (χ1n) is 4.65. The lowest BCUT2D eigenvalue weighted by Gasteiger charge is -2.05. The van der Waals surface area contributed by atoms with E-state index in [4.69, 9.17) is 22.8 Å². The molecule has 1 aromatic rings. The summed E-state index contributed by atoms with van der Waals surface area (Å²) in [6.45, 7) is 0.339. The Balaban J connectivity index is 2.73. The molecule has 16 heavy (non-hydrogen) atoms. The van der Waals surface area contributed by atoms with Crippen molar-refractivity contribution in [1.82, 2.24) is 0 Å². The van der Waals surface area contributed by atoms with Crippen molar-refractivity contribution >= 4 is 17.3 Å². The van der Waals surface area contributed by atoms with Gasteiger partial charge in [0.15, 0.2) is 5.75 Å². The van der Waals surface area contributed by atoms with Crippen LogP contribution >= 0.6 is 11.6 Å². The van der Waals surface area contributed by atoms with Crippen molar-refractivity contribution in [1.29, 1.82) is 0 Å². The molecule has 0 aliphatic heterocycles. The Kier molecular flexibility index (Phi) is 4.62. The highest BCUT2D eigenvalue weighted by Gasteiger charge is 2.14. The van der Waals surface area contributed by atoms with Gasteiger partial charge in [0.2, 0.25) is 0 Å².